The highest BCUT2D eigenvalue weighted by Crippen LogP contribution is 2.32. The van der Waals surface area contributed by atoms with E-state index in [2.05, 4.69) is 5.32 Å². The van der Waals surface area contributed by atoms with E-state index in [0.29, 0.717) is 24.3 Å². The number of rotatable bonds is 4. The maximum absolute atomic E-state index is 12.3. The average molecular weight is 356 g/mol. The first-order valence-electron chi connectivity index (χ1n) is 8.00. The topological polar surface area (TPSA) is 66.5 Å². The lowest BCUT2D eigenvalue weighted by atomic mass is 10.1. The Hall–Kier alpha value is -2.60. The lowest BCUT2D eigenvalue weighted by molar-refractivity contribution is -0.111. The number of hydrogen-bond donors (Lipinski definition) is 1. The van der Waals surface area contributed by atoms with Crippen molar-refractivity contribution in [2.75, 3.05) is 22.4 Å². The fraction of sp³-hybridized carbons (Fsp3) is 0.211. The number of anilines is 2. The fourth-order valence-corrected chi connectivity index (χ4v) is 3.88. The molecule has 0 radical (unpaired) electrons. The summed E-state index contributed by atoms with van der Waals surface area (Å²) in [4.78, 5) is 12.3. The number of allylic oxidation sites excluding steroid dienone is 1. The Labute approximate surface area is 148 Å². The van der Waals surface area contributed by atoms with E-state index in [9.17, 15) is 13.2 Å². The average Bonchev–Trinajstić information content (AvgIpc) is 2.99. The van der Waals surface area contributed by atoms with Crippen LogP contribution < -0.4 is 9.62 Å². The zero-order valence-electron chi connectivity index (χ0n) is 14.2. The molecule has 0 atom stereocenters. The zero-order chi connectivity index (χ0) is 18.0. The standard InChI is InChI=1S/C19H20N2O3S/c1-14(15-6-4-3-5-7-15)12-19(22)20-17-9-8-16-10-11-21(18(16)13-17)25(2,23)24/h3-9,12-13H,10-11H2,1-2H3,(H,20,22)/b14-12+. The monoisotopic (exact) mass is 356 g/mol. The number of benzene rings is 2. The number of carbonyl (C=O) groups excluding carboxylic acids is 1. The van der Waals surface area contributed by atoms with Crippen molar-refractivity contribution in [2.45, 2.75) is 13.3 Å². The molecular weight excluding hydrogens is 336 g/mol. The molecule has 3 rings (SSSR count). The van der Waals surface area contributed by atoms with Crippen LogP contribution in [0.4, 0.5) is 11.4 Å². The molecule has 25 heavy (non-hydrogen) atoms. The molecule has 1 N–H and O–H groups in total. The summed E-state index contributed by atoms with van der Waals surface area (Å²) in [5, 5.41) is 2.81. The van der Waals surface area contributed by atoms with Crippen LogP contribution in [0.2, 0.25) is 0 Å². The smallest absolute Gasteiger partial charge is 0.248 e. The van der Waals surface area contributed by atoms with E-state index in [1.165, 1.54) is 16.6 Å². The summed E-state index contributed by atoms with van der Waals surface area (Å²) < 4.78 is 25.1. The summed E-state index contributed by atoms with van der Waals surface area (Å²) in [6.45, 7) is 2.32. The normalized spacial score (nSPS) is 14.3. The maximum atomic E-state index is 12.3. The first-order valence-corrected chi connectivity index (χ1v) is 9.85. The molecule has 5 nitrogen and oxygen atoms in total. The van der Waals surface area contributed by atoms with Gasteiger partial charge in [0.05, 0.1) is 11.9 Å². The van der Waals surface area contributed by atoms with Gasteiger partial charge in [0.2, 0.25) is 15.9 Å². The molecule has 1 aliphatic heterocycles. The first kappa shape index (κ1) is 17.2. The summed E-state index contributed by atoms with van der Waals surface area (Å²) in [5.41, 5.74) is 4.03. The van der Waals surface area contributed by atoms with Crippen LogP contribution >= 0.6 is 0 Å². The van der Waals surface area contributed by atoms with Crippen LogP contribution in [-0.2, 0) is 21.2 Å². The van der Waals surface area contributed by atoms with Crippen LogP contribution in [0.15, 0.2) is 54.6 Å². The number of amides is 1. The van der Waals surface area contributed by atoms with E-state index >= 15 is 0 Å². The molecular formula is C19H20N2O3S. The molecule has 0 saturated heterocycles. The van der Waals surface area contributed by atoms with Crippen LogP contribution in [0, 0.1) is 0 Å². The molecule has 130 valence electrons. The van der Waals surface area contributed by atoms with E-state index in [1.54, 1.807) is 12.1 Å². The highest BCUT2D eigenvalue weighted by Gasteiger charge is 2.26. The van der Waals surface area contributed by atoms with Gasteiger partial charge < -0.3 is 5.32 Å². The third-order valence-corrected chi connectivity index (χ3v) is 5.36. The van der Waals surface area contributed by atoms with Gasteiger partial charge in [0.15, 0.2) is 0 Å². The number of carbonyl (C=O) groups is 1. The van der Waals surface area contributed by atoms with Crippen LogP contribution in [-0.4, -0.2) is 27.1 Å². The van der Waals surface area contributed by atoms with E-state index in [-0.39, 0.29) is 5.91 Å². The molecule has 1 heterocycles. The molecule has 2 aromatic carbocycles. The third kappa shape index (κ3) is 3.91. The number of nitrogens with one attached hydrogen (secondary N) is 1. The van der Waals surface area contributed by atoms with Gasteiger partial charge in [0.1, 0.15) is 0 Å². The molecule has 0 aromatic heterocycles. The van der Waals surface area contributed by atoms with Gasteiger partial charge in [-0.15, -0.1) is 0 Å². The highest BCUT2D eigenvalue weighted by molar-refractivity contribution is 7.92. The molecule has 2 aromatic rings. The van der Waals surface area contributed by atoms with Crippen molar-refractivity contribution < 1.29 is 13.2 Å². The minimum Gasteiger partial charge on any atom is -0.322 e. The van der Waals surface area contributed by atoms with Crippen LogP contribution in [0.25, 0.3) is 5.57 Å². The minimum absolute atomic E-state index is 0.245. The van der Waals surface area contributed by atoms with Gasteiger partial charge in [0, 0.05) is 18.3 Å². The van der Waals surface area contributed by atoms with Crippen molar-refractivity contribution in [3.63, 3.8) is 0 Å². The van der Waals surface area contributed by atoms with Gasteiger partial charge in [-0.25, -0.2) is 8.42 Å². The second kappa shape index (κ2) is 6.72. The van der Waals surface area contributed by atoms with Crippen molar-refractivity contribution in [2.24, 2.45) is 0 Å². The van der Waals surface area contributed by atoms with Crippen molar-refractivity contribution >= 4 is 32.9 Å². The zero-order valence-corrected chi connectivity index (χ0v) is 15.0. The molecule has 0 spiro atoms. The highest BCUT2D eigenvalue weighted by atomic mass is 32.2. The predicted octanol–water partition coefficient (Wildman–Crippen LogP) is 3.05. The number of hydrogen-bond acceptors (Lipinski definition) is 3. The number of fused-ring (bicyclic) bond motifs is 1. The molecule has 0 bridgehead atoms. The molecule has 1 aliphatic rings. The van der Waals surface area contributed by atoms with Crippen molar-refractivity contribution in [3.05, 3.63) is 65.7 Å². The lowest BCUT2D eigenvalue weighted by Gasteiger charge is -2.17. The predicted molar refractivity (Wildman–Crippen MR) is 101 cm³/mol. The lowest BCUT2D eigenvalue weighted by Crippen LogP contribution is -2.27. The Morgan fingerprint density at radius 1 is 1.16 bits per heavy atom. The van der Waals surface area contributed by atoms with Gasteiger partial charge in [0.25, 0.3) is 0 Å². The molecule has 0 aliphatic carbocycles. The Morgan fingerprint density at radius 2 is 1.88 bits per heavy atom. The molecule has 1 amide bonds. The quantitative estimate of drug-likeness (QED) is 0.856. The Balaban J connectivity index is 1.79. The largest absolute Gasteiger partial charge is 0.322 e. The van der Waals surface area contributed by atoms with Crippen molar-refractivity contribution in [3.8, 4) is 0 Å². The third-order valence-electron chi connectivity index (χ3n) is 4.18. The van der Waals surface area contributed by atoms with Crippen LogP contribution in [0.1, 0.15) is 18.1 Å². The summed E-state index contributed by atoms with van der Waals surface area (Å²) in [6, 6.07) is 15.0. The van der Waals surface area contributed by atoms with E-state index in [1.807, 2.05) is 43.3 Å². The molecule has 0 saturated carbocycles. The van der Waals surface area contributed by atoms with Gasteiger partial charge in [-0.05, 0) is 42.2 Å². The number of sulfonamides is 1. The number of nitrogens with zero attached hydrogens (tertiary/aromatic N) is 1. The van der Waals surface area contributed by atoms with E-state index in [4.69, 9.17) is 0 Å². The second-order valence-electron chi connectivity index (χ2n) is 6.11. The van der Waals surface area contributed by atoms with Gasteiger partial charge in [-0.3, -0.25) is 9.10 Å². The summed E-state index contributed by atoms with van der Waals surface area (Å²) in [6.07, 6.45) is 3.42. The summed E-state index contributed by atoms with van der Waals surface area (Å²) >= 11 is 0. The Kier molecular flexibility index (Phi) is 4.63. The van der Waals surface area contributed by atoms with Crippen molar-refractivity contribution in [1.82, 2.24) is 0 Å². The van der Waals surface area contributed by atoms with E-state index in [0.717, 1.165) is 16.7 Å². The molecule has 6 heteroatoms. The van der Waals surface area contributed by atoms with Crippen molar-refractivity contribution in [1.29, 1.82) is 0 Å². The van der Waals surface area contributed by atoms with Crippen LogP contribution in [0.5, 0.6) is 0 Å². The molecule has 0 fully saturated rings. The second-order valence-corrected chi connectivity index (χ2v) is 8.02. The Morgan fingerprint density at radius 3 is 2.56 bits per heavy atom. The summed E-state index contributed by atoms with van der Waals surface area (Å²) in [7, 11) is -3.31. The fourth-order valence-electron chi connectivity index (χ4n) is 2.93. The SMILES string of the molecule is C/C(=C\C(=O)Nc1ccc2c(c1)N(S(C)(=O)=O)CC2)c1ccccc1. The van der Waals surface area contributed by atoms with Gasteiger partial charge >= 0.3 is 0 Å². The summed E-state index contributed by atoms with van der Waals surface area (Å²) in [5.74, 6) is -0.245. The minimum atomic E-state index is -3.31. The van der Waals surface area contributed by atoms with Gasteiger partial charge in [-0.2, -0.15) is 0 Å². The van der Waals surface area contributed by atoms with E-state index < -0.39 is 10.0 Å². The Bertz CT molecular complexity index is 934. The maximum Gasteiger partial charge on any atom is 0.248 e. The molecule has 0 unspecified atom stereocenters. The van der Waals surface area contributed by atoms with Crippen LogP contribution in [0.3, 0.4) is 0 Å². The first-order chi connectivity index (χ1) is 11.8. The van der Waals surface area contributed by atoms with Gasteiger partial charge in [-0.1, -0.05) is 36.4 Å².